The molecule has 0 fully saturated rings. The summed E-state index contributed by atoms with van der Waals surface area (Å²) in [5, 5.41) is 32.2. The topological polar surface area (TPSA) is 117 Å². The molecule has 3 N–H and O–H groups in total. The number of hydrogen-bond donors (Lipinski definition) is 3. The lowest BCUT2D eigenvalue weighted by Gasteiger charge is -2.27. The highest BCUT2D eigenvalue weighted by Gasteiger charge is 2.42. The van der Waals surface area contributed by atoms with Gasteiger partial charge in [0.05, 0.1) is 5.60 Å². The summed E-state index contributed by atoms with van der Waals surface area (Å²) in [6.07, 6.45) is 1.39. The van der Waals surface area contributed by atoms with Crippen LogP contribution in [-0.2, 0) is 4.79 Å². The van der Waals surface area contributed by atoms with E-state index in [4.69, 9.17) is 9.63 Å². The molecular formula is C12H14N2O5. The standard InChI is InChI=1S/C12H14N2O5/c1-12(18,4-6-15)8(11(16)17)10-9-7(14-19-10)3-2-5-13-9/h2-3,5,8,15,18H,4,6H2,1H3,(H,16,17)/t8?,12-/m1/s1. The molecule has 7 heteroatoms. The van der Waals surface area contributed by atoms with E-state index in [0.717, 1.165) is 0 Å². The molecule has 19 heavy (non-hydrogen) atoms. The molecule has 0 aliphatic heterocycles. The molecule has 0 bridgehead atoms. The van der Waals surface area contributed by atoms with Crippen LogP contribution in [0.1, 0.15) is 25.0 Å². The van der Waals surface area contributed by atoms with E-state index in [0.29, 0.717) is 11.0 Å². The van der Waals surface area contributed by atoms with Crippen molar-refractivity contribution < 1.29 is 24.6 Å². The van der Waals surface area contributed by atoms with Gasteiger partial charge in [0.15, 0.2) is 5.76 Å². The summed E-state index contributed by atoms with van der Waals surface area (Å²) in [6.45, 7) is 0.996. The first kappa shape index (κ1) is 13.4. The molecule has 0 aromatic carbocycles. The summed E-state index contributed by atoms with van der Waals surface area (Å²) < 4.78 is 5.04. The zero-order valence-corrected chi connectivity index (χ0v) is 10.3. The molecule has 2 aromatic rings. The Morgan fingerprint density at radius 3 is 2.95 bits per heavy atom. The van der Waals surface area contributed by atoms with Crippen LogP contribution in [0.4, 0.5) is 0 Å². The number of hydrogen-bond acceptors (Lipinski definition) is 6. The van der Waals surface area contributed by atoms with Crippen LogP contribution in [0.15, 0.2) is 22.9 Å². The van der Waals surface area contributed by atoms with E-state index in [1.807, 2.05) is 0 Å². The summed E-state index contributed by atoms with van der Waals surface area (Å²) in [5.74, 6) is -2.62. The Hall–Kier alpha value is -1.99. The molecule has 2 aromatic heterocycles. The normalized spacial score (nSPS) is 16.2. The van der Waals surface area contributed by atoms with Crippen LogP contribution in [0.5, 0.6) is 0 Å². The average molecular weight is 266 g/mol. The van der Waals surface area contributed by atoms with Crippen molar-refractivity contribution in [2.24, 2.45) is 0 Å². The zero-order valence-electron chi connectivity index (χ0n) is 10.3. The van der Waals surface area contributed by atoms with Gasteiger partial charge in [0, 0.05) is 19.2 Å². The van der Waals surface area contributed by atoms with Crippen molar-refractivity contribution in [1.82, 2.24) is 10.1 Å². The molecule has 0 saturated heterocycles. The third-order valence-electron chi connectivity index (χ3n) is 3.01. The van der Waals surface area contributed by atoms with Crippen LogP contribution in [0.2, 0.25) is 0 Å². The van der Waals surface area contributed by atoms with E-state index < -0.39 is 17.5 Å². The average Bonchev–Trinajstić information content (AvgIpc) is 2.72. The molecule has 0 aliphatic rings. The van der Waals surface area contributed by atoms with Gasteiger partial charge < -0.3 is 19.8 Å². The second kappa shape index (κ2) is 4.94. The maximum absolute atomic E-state index is 11.4. The van der Waals surface area contributed by atoms with Gasteiger partial charge in [-0.1, -0.05) is 5.16 Å². The molecule has 0 spiro atoms. The van der Waals surface area contributed by atoms with Gasteiger partial charge in [-0.25, -0.2) is 0 Å². The fraction of sp³-hybridized carbons (Fsp3) is 0.417. The van der Waals surface area contributed by atoms with Gasteiger partial charge in [-0.3, -0.25) is 9.78 Å². The lowest BCUT2D eigenvalue weighted by molar-refractivity contribution is -0.146. The summed E-state index contributed by atoms with van der Waals surface area (Å²) in [7, 11) is 0. The molecule has 2 rings (SSSR count). The third-order valence-corrected chi connectivity index (χ3v) is 3.01. The molecule has 2 heterocycles. The van der Waals surface area contributed by atoms with E-state index in [1.165, 1.54) is 13.1 Å². The van der Waals surface area contributed by atoms with Crippen LogP contribution < -0.4 is 0 Å². The van der Waals surface area contributed by atoms with Crippen LogP contribution in [0, 0.1) is 0 Å². The number of carboxylic acids is 1. The Labute approximate surface area is 108 Å². The lowest BCUT2D eigenvalue weighted by Crippen LogP contribution is -2.38. The van der Waals surface area contributed by atoms with Crippen LogP contribution >= 0.6 is 0 Å². The highest BCUT2D eigenvalue weighted by molar-refractivity contribution is 5.85. The monoisotopic (exact) mass is 266 g/mol. The first-order valence-corrected chi connectivity index (χ1v) is 5.73. The Morgan fingerprint density at radius 2 is 2.32 bits per heavy atom. The highest BCUT2D eigenvalue weighted by Crippen LogP contribution is 2.34. The minimum atomic E-state index is -1.66. The summed E-state index contributed by atoms with van der Waals surface area (Å²) >= 11 is 0. The zero-order chi connectivity index (χ0) is 14.0. The fourth-order valence-electron chi connectivity index (χ4n) is 2.02. The Balaban J connectivity index is 2.53. The van der Waals surface area contributed by atoms with Crippen molar-refractivity contribution in [3.05, 3.63) is 24.1 Å². The quantitative estimate of drug-likeness (QED) is 0.722. The van der Waals surface area contributed by atoms with E-state index in [-0.39, 0.29) is 18.8 Å². The molecule has 2 atom stereocenters. The molecule has 102 valence electrons. The summed E-state index contributed by atoms with van der Waals surface area (Å²) in [4.78, 5) is 15.4. The Bertz CT molecular complexity index is 593. The Morgan fingerprint density at radius 1 is 1.58 bits per heavy atom. The fourth-order valence-corrected chi connectivity index (χ4v) is 2.02. The maximum atomic E-state index is 11.4. The van der Waals surface area contributed by atoms with Crippen LogP contribution in [-0.4, -0.2) is 43.6 Å². The number of pyridine rings is 1. The number of aliphatic hydroxyl groups excluding tert-OH is 1. The van der Waals surface area contributed by atoms with Crippen LogP contribution in [0.25, 0.3) is 11.0 Å². The van der Waals surface area contributed by atoms with Gasteiger partial charge in [-0.2, -0.15) is 0 Å². The number of carboxylic acid groups (broad SMARTS) is 1. The predicted molar refractivity (Wildman–Crippen MR) is 64.5 cm³/mol. The molecule has 0 radical (unpaired) electrons. The minimum absolute atomic E-state index is 0.0125. The maximum Gasteiger partial charge on any atom is 0.317 e. The van der Waals surface area contributed by atoms with Crippen molar-refractivity contribution in [3.63, 3.8) is 0 Å². The highest BCUT2D eigenvalue weighted by atomic mass is 16.5. The van der Waals surface area contributed by atoms with Crippen LogP contribution in [0.3, 0.4) is 0 Å². The second-order valence-electron chi connectivity index (χ2n) is 4.52. The minimum Gasteiger partial charge on any atom is -0.481 e. The predicted octanol–water partition coefficient (Wildman–Crippen LogP) is 0.524. The molecule has 0 saturated carbocycles. The van der Waals surface area contributed by atoms with Crippen molar-refractivity contribution >= 4 is 17.0 Å². The van der Waals surface area contributed by atoms with Gasteiger partial charge >= 0.3 is 5.97 Å². The second-order valence-corrected chi connectivity index (χ2v) is 4.52. The Kier molecular flexibility index (Phi) is 3.50. The van der Waals surface area contributed by atoms with Crippen molar-refractivity contribution in [1.29, 1.82) is 0 Å². The molecule has 7 nitrogen and oxygen atoms in total. The number of aliphatic carboxylic acids is 1. The van der Waals surface area contributed by atoms with E-state index in [2.05, 4.69) is 10.1 Å². The number of rotatable bonds is 5. The van der Waals surface area contributed by atoms with Gasteiger partial charge in [0.2, 0.25) is 0 Å². The summed E-state index contributed by atoms with van der Waals surface area (Å²) in [6, 6.07) is 3.28. The molecule has 0 amide bonds. The van der Waals surface area contributed by atoms with Crippen molar-refractivity contribution in [3.8, 4) is 0 Å². The number of fused-ring (bicyclic) bond motifs is 1. The van der Waals surface area contributed by atoms with Gasteiger partial charge in [0.1, 0.15) is 17.0 Å². The van der Waals surface area contributed by atoms with Crippen molar-refractivity contribution in [2.45, 2.75) is 24.9 Å². The largest absolute Gasteiger partial charge is 0.481 e. The molecular weight excluding hydrogens is 252 g/mol. The van der Waals surface area contributed by atoms with Gasteiger partial charge in [0.25, 0.3) is 0 Å². The van der Waals surface area contributed by atoms with E-state index in [9.17, 15) is 15.0 Å². The number of nitrogens with zero attached hydrogens (tertiary/aromatic N) is 2. The van der Waals surface area contributed by atoms with E-state index >= 15 is 0 Å². The first-order chi connectivity index (χ1) is 8.97. The molecule has 1 unspecified atom stereocenters. The van der Waals surface area contributed by atoms with Gasteiger partial charge in [-0.15, -0.1) is 0 Å². The smallest absolute Gasteiger partial charge is 0.317 e. The van der Waals surface area contributed by atoms with E-state index in [1.54, 1.807) is 12.1 Å². The SMILES string of the molecule is C[C@@](O)(CCO)C(C(=O)O)c1onc2cccnc12. The number of aliphatic hydroxyl groups is 2. The number of aromatic nitrogens is 2. The molecule has 0 aliphatic carbocycles. The summed E-state index contributed by atoms with van der Waals surface area (Å²) in [5.41, 5.74) is -0.943. The van der Waals surface area contributed by atoms with Crippen molar-refractivity contribution in [2.75, 3.05) is 6.61 Å². The third kappa shape index (κ3) is 2.42. The first-order valence-electron chi connectivity index (χ1n) is 5.73. The lowest BCUT2D eigenvalue weighted by atomic mass is 9.84. The van der Waals surface area contributed by atoms with Gasteiger partial charge in [-0.05, 0) is 19.1 Å². The number of carbonyl (C=O) groups is 1.